The second-order valence-corrected chi connectivity index (χ2v) is 5.60. The lowest BCUT2D eigenvalue weighted by molar-refractivity contribution is -0.132. The highest BCUT2D eigenvalue weighted by Crippen LogP contribution is 2.22. The maximum atomic E-state index is 12.1. The summed E-state index contributed by atoms with van der Waals surface area (Å²) in [5.41, 5.74) is -0.0818. The van der Waals surface area contributed by atoms with Crippen molar-refractivity contribution in [3.8, 4) is 0 Å². The average Bonchev–Trinajstić information content (AvgIpc) is 2.26. The van der Waals surface area contributed by atoms with Gasteiger partial charge in [0.05, 0.1) is 19.1 Å². The standard InChI is InChI=1S/C13H26F3N3O/c1-6-17-11(18-8-7-13(14,15)16)19-9-10(20-5)12(2,3)4/h10H,6-9H2,1-5H3,(H2,17,18,19). The van der Waals surface area contributed by atoms with Gasteiger partial charge in [-0.2, -0.15) is 13.2 Å². The smallest absolute Gasteiger partial charge is 0.379 e. The third-order valence-corrected chi connectivity index (χ3v) is 2.71. The quantitative estimate of drug-likeness (QED) is 0.585. The molecule has 0 aliphatic rings. The van der Waals surface area contributed by atoms with Crippen LogP contribution in [0.5, 0.6) is 0 Å². The number of nitrogens with one attached hydrogen (secondary N) is 2. The van der Waals surface area contributed by atoms with Crippen molar-refractivity contribution in [2.24, 2.45) is 10.4 Å². The van der Waals surface area contributed by atoms with E-state index >= 15 is 0 Å². The molecule has 1 atom stereocenters. The average molecular weight is 297 g/mol. The monoisotopic (exact) mass is 297 g/mol. The van der Waals surface area contributed by atoms with Crippen LogP contribution in [0, 0.1) is 5.41 Å². The van der Waals surface area contributed by atoms with Crippen LogP contribution in [0.15, 0.2) is 4.99 Å². The van der Waals surface area contributed by atoms with Gasteiger partial charge in [0, 0.05) is 20.2 Å². The molecular weight excluding hydrogens is 271 g/mol. The highest BCUT2D eigenvalue weighted by Gasteiger charge is 2.26. The Labute approximate surface area is 119 Å². The molecule has 0 amide bonds. The number of guanidine groups is 1. The molecule has 120 valence electrons. The normalized spacial score (nSPS) is 15.1. The van der Waals surface area contributed by atoms with Crippen LogP contribution >= 0.6 is 0 Å². The van der Waals surface area contributed by atoms with Crippen molar-refractivity contribution >= 4 is 5.96 Å². The molecule has 0 heterocycles. The van der Waals surface area contributed by atoms with E-state index < -0.39 is 12.6 Å². The number of alkyl halides is 3. The van der Waals surface area contributed by atoms with Gasteiger partial charge in [-0.25, -0.2) is 0 Å². The van der Waals surface area contributed by atoms with Crippen LogP contribution in [0.4, 0.5) is 13.2 Å². The van der Waals surface area contributed by atoms with Gasteiger partial charge in [-0.05, 0) is 12.3 Å². The lowest BCUT2D eigenvalue weighted by Crippen LogP contribution is -2.40. The number of nitrogens with zero attached hydrogens (tertiary/aromatic N) is 1. The molecule has 0 rings (SSSR count). The summed E-state index contributed by atoms with van der Waals surface area (Å²) in [6.45, 7) is 8.73. The molecule has 0 spiro atoms. The molecule has 4 nitrogen and oxygen atoms in total. The summed E-state index contributed by atoms with van der Waals surface area (Å²) in [5.74, 6) is 0.378. The predicted molar refractivity (Wildman–Crippen MR) is 74.9 cm³/mol. The Bertz CT molecular complexity index is 298. The Balaban J connectivity index is 4.46. The van der Waals surface area contributed by atoms with E-state index in [0.29, 0.717) is 19.0 Å². The molecule has 1 unspecified atom stereocenters. The van der Waals surface area contributed by atoms with Crippen molar-refractivity contribution in [3.63, 3.8) is 0 Å². The third kappa shape index (κ3) is 9.01. The van der Waals surface area contributed by atoms with Crippen molar-refractivity contribution < 1.29 is 17.9 Å². The fourth-order valence-corrected chi connectivity index (χ4v) is 1.54. The molecule has 0 aromatic rings. The maximum Gasteiger partial charge on any atom is 0.390 e. The third-order valence-electron chi connectivity index (χ3n) is 2.71. The Morgan fingerprint density at radius 2 is 1.80 bits per heavy atom. The molecule has 2 N–H and O–H groups in total. The Morgan fingerprint density at radius 3 is 2.20 bits per heavy atom. The number of hydrogen-bond acceptors (Lipinski definition) is 2. The van der Waals surface area contributed by atoms with Crippen LogP contribution in [0.2, 0.25) is 0 Å². The summed E-state index contributed by atoms with van der Waals surface area (Å²) in [4.78, 5) is 4.27. The number of methoxy groups -OCH3 is 1. The van der Waals surface area contributed by atoms with Crippen molar-refractivity contribution in [1.29, 1.82) is 0 Å². The first kappa shape index (κ1) is 19.0. The summed E-state index contributed by atoms with van der Waals surface area (Å²) in [6, 6.07) is 0. The minimum Gasteiger partial charge on any atom is -0.379 e. The zero-order valence-electron chi connectivity index (χ0n) is 12.9. The van der Waals surface area contributed by atoms with Crippen molar-refractivity contribution in [2.75, 3.05) is 26.7 Å². The summed E-state index contributed by atoms with van der Waals surface area (Å²) in [7, 11) is 1.61. The van der Waals surface area contributed by atoms with Crippen molar-refractivity contribution in [2.45, 2.75) is 46.4 Å². The van der Waals surface area contributed by atoms with Gasteiger partial charge >= 0.3 is 6.18 Å². The van der Waals surface area contributed by atoms with Gasteiger partial charge in [-0.15, -0.1) is 0 Å². The van der Waals surface area contributed by atoms with E-state index in [1.54, 1.807) is 7.11 Å². The fraction of sp³-hybridized carbons (Fsp3) is 0.923. The topological polar surface area (TPSA) is 45.7 Å². The second-order valence-electron chi connectivity index (χ2n) is 5.60. The Hall–Kier alpha value is -0.980. The van der Waals surface area contributed by atoms with Crippen LogP contribution in [0.3, 0.4) is 0 Å². The first-order chi connectivity index (χ1) is 9.10. The van der Waals surface area contributed by atoms with E-state index in [2.05, 4.69) is 15.6 Å². The number of aliphatic imine (C=N–C) groups is 1. The van der Waals surface area contributed by atoms with Crippen LogP contribution in [-0.4, -0.2) is 45.0 Å². The van der Waals surface area contributed by atoms with Gasteiger partial charge in [-0.3, -0.25) is 4.99 Å². The molecule has 0 saturated carbocycles. The Morgan fingerprint density at radius 1 is 1.20 bits per heavy atom. The molecule has 0 radical (unpaired) electrons. The van der Waals surface area contributed by atoms with Gasteiger partial charge in [0.15, 0.2) is 5.96 Å². The zero-order chi connectivity index (χ0) is 15.8. The summed E-state index contributed by atoms with van der Waals surface area (Å²) >= 11 is 0. The lowest BCUT2D eigenvalue weighted by Gasteiger charge is -2.28. The van der Waals surface area contributed by atoms with E-state index in [-0.39, 0.29) is 18.1 Å². The molecule has 20 heavy (non-hydrogen) atoms. The van der Waals surface area contributed by atoms with Crippen LogP contribution in [0.25, 0.3) is 0 Å². The van der Waals surface area contributed by atoms with Gasteiger partial charge in [0.2, 0.25) is 0 Å². The predicted octanol–water partition coefficient (Wildman–Crippen LogP) is 2.56. The van der Waals surface area contributed by atoms with E-state index in [1.165, 1.54) is 0 Å². The van der Waals surface area contributed by atoms with Crippen molar-refractivity contribution in [1.82, 2.24) is 10.6 Å². The van der Waals surface area contributed by atoms with Gasteiger partial charge in [0.25, 0.3) is 0 Å². The molecule has 0 bridgehead atoms. The van der Waals surface area contributed by atoms with E-state index in [1.807, 2.05) is 27.7 Å². The first-order valence-electron chi connectivity index (χ1n) is 6.72. The fourth-order valence-electron chi connectivity index (χ4n) is 1.54. The van der Waals surface area contributed by atoms with Crippen LogP contribution in [0.1, 0.15) is 34.1 Å². The van der Waals surface area contributed by atoms with Gasteiger partial charge in [0.1, 0.15) is 0 Å². The zero-order valence-corrected chi connectivity index (χ0v) is 12.9. The number of halogens is 3. The van der Waals surface area contributed by atoms with Gasteiger partial charge in [-0.1, -0.05) is 20.8 Å². The maximum absolute atomic E-state index is 12.1. The van der Waals surface area contributed by atoms with Crippen molar-refractivity contribution in [3.05, 3.63) is 0 Å². The number of rotatable bonds is 6. The number of hydrogen-bond donors (Lipinski definition) is 2. The SMILES string of the molecule is CCNC(=NCC(OC)C(C)(C)C)NCCC(F)(F)F. The first-order valence-corrected chi connectivity index (χ1v) is 6.72. The molecule has 0 aromatic carbocycles. The minimum absolute atomic E-state index is 0.0818. The Kier molecular flexibility index (Phi) is 7.93. The molecule has 7 heteroatoms. The molecule has 0 saturated heterocycles. The molecular formula is C13H26F3N3O. The lowest BCUT2D eigenvalue weighted by atomic mass is 9.89. The summed E-state index contributed by atoms with van der Waals surface area (Å²) in [6.07, 6.45) is -5.14. The second kappa shape index (κ2) is 8.34. The molecule has 0 aliphatic heterocycles. The highest BCUT2D eigenvalue weighted by atomic mass is 19.4. The minimum atomic E-state index is -4.16. The largest absolute Gasteiger partial charge is 0.390 e. The summed E-state index contributed by atoms with van der Waals surface area (Å²) < 4.78 is 41.6. The van der Waals surface area contributed by atoms with Gasteiger partial charge < -0.3 is 15.4 Å². The molecule has 0 aromatic heterocycles. The van der Waals surface area contributed by atoms with Crippen LogP contribution in [-0.2, 0) is 4.74 Å². The van der Waals surface area contributed by atoms with E-state index in [0.717, 1.165) is 0 Å². The van der Waals surface area contributed by atoms with E-state index in [4.69, 9.17) is 4.74 Å². The van der Waals surface area contributed by atoms with E-state index in [9.17, 15) is 13.2 Å². The number of ether oxygens (including phenoxy) is 1. The molecule has 0 fully saturated rings. The molecule has 0 aliphatic carbocycles. The van der Waals surface area contributed by atoms with Crippen LogP contribution < -0.4 is 10.6 Å². The summed E-state index contributed by atoms with van der Waals surface area (Å²) in [5, 5.41) is 5.59. The highest BCUT2D eigenvalue weighted by molar-refractivity contribution is 5.79.